The summed E-state index contributed by atoms with van der Waals surface area (Å²) in [5.41, 5.74) is 1.72. The van der Waals surface area contributed by atoms with Gasteiger partial charge in [0.05, 0.1) is 12.7 Å². The molecule has 1 unspecified atom stereocenters. The molecule has 0 aromatic heterocycles. The Balaban J connectivity index is 1.31. The van der Waals surface area contributed by atoms with Gasteiger partial charge in [-0.2, -0.15) is 0 Å². The van der Waals surface area contributed by atoms with Gasteiger partial charge in [-0.05, 0) is 91.9 Å². The molecule has 0 saturated heterocycles. The average Bonchev–Trinajstić information content (AvgIpc) is 2.72. The fraction of sp³-hybridized carbons (Fsp3) is 0.667. The highest BCUT2D eigenvalue weighted by molar-refractivity contribution is 5.24. The van der Waals surface area contributed by atoms with Gasteiger partial charge in [0.25, 0.3) is 0 Å². The molecule has 4 heteroatoms. The molecule has 1 aromatic rings. The lowest BCUT2D eigenvalue weighted by Crippen LogP contribution is -2.27. The summed E-state index contributed by atoms with van der Waals surface area (Å²) in [6.07, 6.45) is 13.1. The summed E-state index contributed by atoms with van der Waals surface area (Å²) in [6.45, 7) is 2.90. The lowest BCUT2D eigenvalue weighted by molar-refractivity contribution is 0.0516. The third-order valence-corrected chi connectivity index (χ3v) is 7.45. The maximum atomic E-state index is 13.5. The Bertz CT molecular complexity index is 690. The van der Waals surface area contributed by atoms with E-state index in [0.29, 0.717) is 24.5 Å². The summed E-state index contributed by atoms with van der Waals surface area (Å²) in [7, 11) is 0. The number of benzene rings is 1. The van der Waals surface area contributed by atoms with E-state index in [1.807, 2.05) is 0 Å². The van der Waals surface area contributed by atoms with E-state index in [4.69, 9.17) is 4.74 Å². The van der Waals surface area contributed by atoms with Crippen molar-refractivity contribution in [1.82, 2.24) is 0 Å². The second-order valence-corrected chi connectivity index (χ2v) is 9.24. The van der Waals surface area contributed by atoms with Crippen molar-refractivity contribution in [1.29, 1.82) is 0 Å². The highest BCUT2D eigenvalue weighted by Gasteiger charge is 2.32. The van der Waals surface area contributed by atoms with Gasteiger partial charge in [-0.1, -0.05) is 25.8 Å². The van der Waals surface area contributed by atoms with Crippen LogP contribution < -0.4 is 0 Å². The molecule has 1 nitrogen and oxygen atoms in total. The summed E-state index contributed by atoms with van der Waals surface area (Å²) in [6, 6.07) is 2.11. The Morgan fingerprint density at radius 1 is 0.821 bits per heavy atom. The van der Waals surface area contributed by atoms with Crippen LogP contribution in [-0.2, 0) is 4.74 Å². The molecule has 0 amide bonds. The number of rotatable bonds is 3. The normalized spacial score (nSPS) is 34.1. The first-order valence-corrected chi connectivity index (χ1v) is 11.0. The van der Waals surface area contributed by atoms with Crippen LogP contribution in [0.4, 0.5) is 13.2 Å². The van der Waals surface area contributed by atoms with Crippen molar-refractivity contribution in [2.24, 2.45) is 23.7 Å². The molecule has 0 N–H and O–H groups in total. The van der Waals surface area contributed by atoms with Gasteiger partial charge in [0.2, 0.25) is 0 Å². The van der Waals surface area contributed by atoms with E-state index in [9.17, 15) is 13.2 Å². The molecule has 1 heterocycles. The van der Waals surface area contributed by atoms with Gasteiger partial charge in [0, 0.05) is 0 Å². The van der Waals surface area contributed by atoms with E-state index < -0.39 is 23.6 Å². The zero-order valence-electron chi connectivity index (χ0n) is 16.7. The molecule has 0 bridgehead atoms. The van der Waals surface area contributed by atoms with Crippen LogP contribution >= 0.6 is 0 Å². The van der Waals surface area contributed by atoms with Crippen LogP contribution in [0.5, 0.6) is 0 Å². The van der Waals surface area contributed by atoms with Gasteiger partial charge in [0.1, 0.15) is 0 Å². The molecular weight excluding hydrogens is 361 g/mol. The maximum Gasteiger partial charge on any atom is 0.194 e. The predicted molar refractivity (Wildman–Crippen MR) is 104 cm³/mol. The Kier molecular flexibility index (Phi) is 6.15. The van der Waals surface area contributed by atoms with Crippen LogP contribution in [0.2, 0.25) is 0 Å². The van der Waals surface area contributed by atoms with Gasteiger partial charge in [-0.15, -0.1) is 0 Å². The molecule has 3 aliphatic rings. The van der Waals surface area contributed by atoms with Crippen LogP contribution in [-0.4, -0.2) is 6.61 Å². The first-order valence-electron chi connectivity index (χ1n) is 11.0. The van der Waals surface area contributed by atoms with Crippen molar-refractivity contribution in [3.05, 3.63) is 46.8 Å². The molecule has 1 aliphatic heterocycles. The van der Waals surface area contributed by atoms with Crippen molar-refractivity contribution in [2.45, 2.75) is 70.8 Å². The highest BCUT2D eigenvalue weighted by atomic mass is 19.2. The fourth-order valence-electron chi connectivity index (χ4n) is 5.58. The minimum atomic E-state index is -1.42. The zero-order chi connectivity index (χ0) is 19.7. The molecule has 4 rings (SSSR count). The summed E-state index contributed by atoms with van der Waals surface area (Å²) in [5, 5.41) is 0. The molecule has 2 saturated carbocycles. The number of hydrogen-bond acceptors (Lipinski definition) is 1. The topological polar surface area (TPSA) is 9.23 Å². The van der Waals surface area contributed by atoms with Gasteiger partial charge < -0.3 is 4.74 Å². The largest absolute Gasteiger partial charge is 0.369 e. The van der Waals surface area contributed by atoms with Crippen molar-refractivity contribution >= 4 is 0 Å². The first kappa shape index (κ1) is 20.0. The van der Waals surface area contributed by atoms with Crippen LogP contribution in [0, 0.1) is 41.1 Å². The van der Waals surface area contributed by atoms with E-state index in [1.54, 1.807) is 0 Å². The molecule has 0 spiro atoms. The Hall–Kier alpha value is -1.29. The third kappa shape index (κ3) is 4.32. The summed E-state index contributed by atoms with van der Waals surface area (Å²) < 4.78 is 46.1. The van der Waals surface area contributed by atoms with Gasteiger partial charge in [-0.25, -0.2) is 13.2 Å². The van der Waals surface area contributed by atoms with Crippen molar-refractivity contribution in [2.75, 3.05) is 6.61 Å². The van der Waals surface area contributed by atoms with E-state index in [1.165, 1.54) is 56.9 Å². The lowest BCUT2D eigenvalue weighted by atomic mass is 9.68. The molecule has 154 valence electrons. The van der Waals surface area contributed by atoms with Crippen LogP contribution in [0.1, 0.15) is 76.4 Å². The van der Waals surface area contributed by atoms with Crippen LogP contribution in [0.3, 0.4) is 0 Å². The van der Waals surface area contributed by atoms with E-state index in [2.05, 4.69) is 13.0 Å². The molecule has 2 fully saturated rings. The predicted octanol–water partition coefficient (Wildman–Crippen LogP) is 7.12. The quantitative estimate of drug-likeness (QED) is 0.393. The monoisotopic (exact) mass is 392 g/mol. The minimum Gasteiger partial charge on any atom is -0.369 e. The Morgan fingerprint density at radius 3 is 1.93 bits per heavy atom. The summed E-state index contributed by atoms with van der Waals surface area (Å²) in [4.78, 5) is 0. The molecule has 1 atom stereocenters. The zero-order valence-corrected chi connectivity index (χ0v) is 16.7. The smallest absolute Gasteiger partial charge is 0.194 e. The van der Waals surface area contributed by atoms with E-state index in [0.717, 1.165) is 29.9 Å². The lowest BCUT2D eigenvalue weighted by Gasteiger charge is -2.38. The van der Waals surface area contributed by atoms with Crippen LogP contribution in [0.15, 0.2) is 23.8 Å². The SMILES string of the molecule is CC1CCC(C2CCC(C3=CCC(c4cc(F)c(F)c(F)c4)OC3)CC2)CC1. The fourth-order valence-corrected chi connectivity index (χ4v) is 5.58. The second-order valence-electron chi connectivity index (χ2n) is 9.24. The molecule has 0 radical (unpaired) electrons. The van der Waals surface area contributed by atoms with Gasteiger partial charge >= 0.3 is 0 Å². The molecule has 2 aliphatic carbocycles. The Morgan fingerprint density at radius 2 is 1.39 bits per heavy atom. The van der Waals surface area contributed by atoms with E-state index in [-0.39, 0.29) is 0 Å². The van der Waals surface area contributed by atoms with Crippen molar-refractivity contribution in [3.63, 3.8) is 0 Å². The molecule has 28 heavy (non-hydrogen) atoms. The van der Waals surface area contributed by atoms with E-state index >= 15 is 0 Å². The second kappa shape index (κ2) is 8.61. The number of ether oxygens (including phenoxy) is 1. The summed E-state index contributed by atoms with van der Waals surface area (Å²) >= 11 is 0. The third-order valence-electron chi connectivity index (χ3n) is 7.45. The van der Waals surface area contributed by atoms with Gasteiger partial charge in [0.15, 0.2) is 17.5 Å². The number of hydrogen-bond donors (Lipinski definition) is 0. The van der Waals surface area contributed by atoms with Gasteiger partial charge in [-0.3, -0.25) is 0 Å². The minimum absolute atomic E-state index is 0.377. The van der Waals surface area contributed by atoms with Crippen LogP contribution in [0.25, 0.3) is 0 Å². The number of halogens is 3. The summed E-state index contributed by atoms with van der Waals surface area (Å²) in [5.74, 6) is -0.393. The average molecular weight is 393 g/mol. The highest BCUT2D eigenvalue weighted by Crippen LogP contribution is 2.43. The van der Waals surface area contributed by atoms with Crippen molar-refractivity contribution < 1.29 is 17.9 Å². The first-order chi connectivity index (χ1) is 13.5. The Labute approximate surface area is 166 Å². The maximum absolute atomic E-state index is 13.5. The molecule has 1 aromatic carbocycles. The molecular formula is C24H31F3O. The van der Waals surface area contributed by atoms with Crippen molar-refractivity contribution in [3.8, 4) is 0 Å². The standard InChI is InChI=1S/C24H31F3O/c1-15-2-4-16(5-3-15)17-6-8-18(9-7-17)19-10-11-23(28-14-19)20-12-21(25)24(27)22(26)13-20/h10,12-13,15-18,23H,2-9,11,14H2,1H3.